The van der Waals surface area contributed by atoms with Gasteiger partial charge in [0.1, 0.15) is 6.61 Å². The van der Waals surface area contributed by atoms with Gasteiger partial charge in [-0.2, -0.15) is 0 Å². The van der Waals surface area contributed by atoms with Gasteiger partial charge in [-0.25, -0.2) is 0 Å². The van der Waals surface area contributed by atoms with Crippen molar-refractivity contribution in [3.8, 4) is 0 Å². The third-order valence-corrected chi connectivity index (χ3v) is 1.87. The van der Waals surface area contributed by atoms with Crippen molar-refractivity contribution in [1.82, 2.24) is 5.32 Å². The van der Waals surface area contributed by atoms with Gasteiger partial charge in [-0.05, 0) is 14.0 Å². The summed E-state index contributed by atoms with van der Waals surface area (Å²) in [6.45, 7) is 3.37. The van der Waals surface area contributed by atoms with E-state index < -0.39 is 0 Å². The molecule has 2 unspecified atom stereocenters. The Labute approximate surface area is 61.4 Å². The van der Waals surface area contributed by atoms with Crippen molar-refractivity contribution < 1.29 is 9.90 Å². The molecule has 0 fully saturated rings. The standard InChI is InChI=1S/C7H15NO2/c1-5(6(2)8-3)7(10)4-9/h5-6,8-9H,4H2,1-3H3. The number of hydrogen-bond acceptors (Lipinski definition) is 3. The number of aliphatic hydroxyl groups is 1. The Morgan fingerprint density at radius 3 is 2.40 bits per heavy atom. The molecular weight excluding hydrogens is 130 g/mol. The van der Waals surface area contributed by atoms with E-state index in [1.54, 1.807) is 14.0 Å². The molecule has 0 aliphatic heterocycles. The van der Waals surface area contributed by atoms with E-state index in [2.05, 4.69) is 5.32 Å². The quantitative estimate of drug-likeness (QED) is 0.575. The predicted octanol–water partition coefficient (Wildman–Crippen LogP) is -0.208. The lowest BCUT2D eigenvalue weighted by Crippen LogP contribution is -2.34. The van der Waals surface area contributed by atoms with Crippen LogP contribution in [0.15, 0.2) is 0 Å². The van der Waals surface area contributed by atoms with Crippen LogP contribution in [0.1, 0.15) is 13.8 Å². The van der Waals surface area contributed by atoms with Crippen LogP contribution in [0.25, 0.3) is 0 Å². The summed E-state index contributed by atoms with van der Waals surface area (Å²) in [5, 5.41) is 11.4. The summed E-state index contributed by atoms with van der Waals surface area (Å²) < 4.78 is 0. The number of aliphatic hydroxyl groups excluding tert-OH is 1. The zero-order valence-electron chi connectivity index (χ0n) is 6.72. The minimum atomic E-state index is -0.354. The summed E-state index contributed by atoms with van der Waals surface area (Å²) in [5.74, 6) is -0.211. The second-order valence-corrected chi connectivity index (χ2v) is 2.49. The Balaban J connectivity index is 3.81. The molecule has 0 bridgehead atoms. The summed E-state index contributed by atoms with van der Waals surface area (Å²) in [7, 11) is 1.80. The zero-order valence-corrected chi connectivity index (χ0v) is 6.72. The Bertz CT molecular complexity index is 114. The fourth-order valence-corrected chi connectivity index (χ4v) is 0.673. The topological polar surface area (TPSA) is 49.3 Å². The van der Waals surface area contributed by atoms with E-state index in [-0.39, 0.29) is 24.3 Å². The molecule has 0 aromatic carbocycles. The highest BCUT2D eigenvalue weighted by atomic mass is 16.3. The Kier molecular flexibility index (Phi) is 4.23. The Hall–Kier alpha value is -0.410. The normalized spacial score (nSPS) is 16.4. The van der Waals surface area contributed by atoms with E-state index >= 15 is 0 Å². The van der Waals surface area contributed by atoms with Crippen LogP contribution in [-0.4, -0.2) is 30.6 Å². The van der Waals surface area contributed by atoms with Gasteiger partial charge in [0, 0.05) is 12.0 Å². The fourth-order valence-electron chi connectivity index (χ4n) is 0.673. The molecule has 3 nitrogen and oxygen atoms in total. The van der Waals surface area contributed by atoms with E-state index in [4.69, 9.17) is 5.11 Å². The van der Waals surface area contributed by atoms with Crippen molar-refractivity contribution >= 4 is 5.78 Å². The predicted molar refractivity (Wildman–Crippen MR) is 39.8 cm³/mol. The number of rotatable bonds is 4. The lowest BCUT2D eigenvalue weighted by molar-refractivity contribution is -0.125. The van der Waals surface area contributed by atoms with E-state index in [0.717, 1.165) is 0 Å². The highest BCUT2D eigenvalue weighted by Crippen LogP contribution is 2.02. The van der Waals surface area contributed by atoms with Crippen LogP contribution in [0.2, 0.25) is 0 Å². The second-order valence-electron chi connectivity index (χ2n) is 2.49. The van der Waals surface area contributed by atoms with E-state index in [1.165, 1.54) is 0 Å². The van der Waals surface area contributed by atoms with Crippen LogP contribution in [0.4, 0.5) is 0 Å². The largest absolute Gasteiger partial charge is 0.389 e. The van der Waals surface area contributed by atoms with Gasteiger partial charge in [-0.15, -0.1) is 0 Å². The monoisotopic (exact) mass is 145 g/mol. The summed E-state index contributed by atoms with van der Waals surface area (Å²) in [6, 6.07) is 0.139. The Morgan fingerprint density at radius 1 is 1.60 bits per heavy atom. The number of ketones is 1. The highest BCUT2D eigenvalue weighted by molar-refractivity contribution is 5.82. The molecule has 0 heterocycles. The maximum absolute atomic E-state index is 10.8. The number of hydrogen-bond donors (Lipinski definition) is 2. The SMILES string of the molecule is CNC(C)C(C)C(=O)CO. The van der Waals surface area contributed by atoms with Crippen molar-refractivity contribution in [1.29, 1.82) is 0 Å². The van der Waals surface area contributed by atoms with Gasteiger partial charge < -0.3 is 10.4 Å². The molecule has 0 rings (SSSR count). The van der Waals surface area contributed by atoms with Crippen LogP contribution in [0.3, 0.4) is 0 Å². The lowest BCUT2D eigenvalue weighted by Gasteiger charge is -2.16. The summed E-state index contributed by atoms with van der Waals surface area (Å²) in [4.78, 5) is 10.8. The minimum Gasteiger partial charge on any atom is -0.389 e. The molecule has 60 valence electrons. The van der Waals surface area contributed by atoms with Crippen LogP contribution in [0, 0.1) is 5.92 Å². The molecular formula is C7H15NO2. The molecule has 10 heavy (non-hydrogen) atoms. The molecule has 0 amide bonds. The number of carbonyl (C=O) groups is 1. The number of Topliss-reactive ketones (excluding diaryl/α,β-unsaturated/α-hetero) is 1. The van der Waals surface area contributed by atoms with Crippen molar-refractivity contribution in [2.45, 2.75) is 19.9 Å². The third kappa shape index (κ3) is 2.45. The maximum atomic E-state index is 10.8. The van der Waals surface area contributed by atoms with Crippen molar-refractivity contribution in [3.63, 3.8) is 0 Å². The number of nitrogens with one attached hydrogen (secondary N) is 1. The van der Waals surface area contributed by atoms with Crippen LogP contribution in [-0.2, 0) is 4.79 Å². The first-order chi connectivity index (χ1) is 4.63. The molecule has 0 radical (unpaired) electrons. The summed E-state index contributed by atoms with van der Waals surface area (Å²) in [5.41, 5.74) is 0. The Morgan fingerprint density at radius 2 is 2.10 bits per heavy atom. The first-order valence-corrected chi connectivity index (χ1v) is 3.44. The van der Waals surface area contributed by atoms with Gasteiger partial charge in [0.15, 0.2) is 5.78 Å². The van der Waals surface area contributed by atoms with Crippen molar-refractivity contribution in [2.75, 3.05) is 13.7 Å². The van der Waals surface area contributed by atoms with Gasteiger partial charge in [0.05, 0.1) is 0 Å². The third-order valence-electron chi connectivity index (χ3n) is 1.87. The molecule has 3 heteroatoms. The molecule has 0 aromatic heterocycles. The first-order valence-electron chi connectivity index (χ1n) is 3.44. The van der Waals surface area contributed by atoms with Gasteiger partial charge in [-0.1, -0.05) is 6.92 Å². The van der Waals surface area contributed by atoms with E-state index in [9.17, 15) is 4.79 Å². The van der Waals surface area contributed by atoms with E-state index in [0.29, 0.717) is 0 Å². The molecule has 0 aromatic rings. The van der Waals surface area contributed by atoms with Crippen molar-refractivity contribution in [2.24, 2.45) is 5.92 Å². The van der Waals surface area contributed by atoms with Gasteiger partial charge in [-0.3, -0.25) is 4.79 Å². The van der Waals surface area contributed by atoms with Gasteiger partial charge in [0.2, 0.25) is 0 Å². The molecule has 0 saturated heterocycles. The van der Waals surface area contributed by atoms with Gasteiger partial charge in [0.25, 0.3) is 0 Å². The van der Waals surface area contributed by atoms with Crippen LogP contribution < -0.4 is 5.32 Å². The van der Waals surface area contributed by atoms with Crippen LogP contribution >= 0.6 is 0 Å². The average Bonchev–Trinajstić information content (AvgIpc) is 2.00. The average molecular weight is 145 g/mol. The fraction of sp³-hybridized carbons (Fsp3) is 0.857. The van der Waals surface area contributed by atoms with Crippen LogP contribution in [0.5, 0.6) is 0 Å². The minimum absolute atomic E-state index is 0.102. The second kappa shape index (κ2) is 4.41. The van der Waals surface area contributed by atoms with Crippen molar-refractivity contribution in [3.05, 3.63) is 0 Å². The summed E-state index contributed by atoms with van der Waals surface area (Å²) in [6.07, 6.45) is 0. The molecule has 0 spiro atoms. The lowest BCUT2D eigenvalue weighted by atomic mass is 9.99. The zero-order chi connectivity index (χ0) is 8.15. The molecule has 0 aliphatic rings. The first kappa shape index (κ1) is 9.59. The molecule has 2 atom stereocenters. The molecule has 0 aliphatic carbocycles. The van der Waals surface area contributed by atoms with E-state index in [1.807, 2.05) is 6.92 Å². The smallest absolute Gasteiger partial charge is 0.162 e. The molecule has 2 N–H and O–H groups in total. The molecule has 0 saturated carbocycles. The van der Waals surface area contributed by atoms with Gasteiger partial charge >= 0.3 is 0 Å². The number of carbonyl (C=O) groups excluding carboxylic acids is 1. The summed E-state index contributed by atoms with van der Waals surface area (Å²) >= 11 is 0. The highest BCUT2D eigenvalue weighted by Gasteiger charge is 2.16. The maximum Gasteiger partial charge on any atom is 0.162 e.